The second-order valence-corrected chi connectivity index (χ2v) is 4.02. The Morgan fingerprint density at radius 2 is 2.06 bits per heavy atom. The molecule has 1 atom stereocenters. The van der Waals surface area contributed by atoms with Gasteiger partial charge in [-0.2, -0.15) is 5.26 Å². The molecule has 0 spiro atoms. The number of nitrogens with zero attached hydrogens (tertiary/aromatic N) is 1. The summed E-state index contributed by atoms with van der Waals surface area (Å²) >= 11 is 0. The van der Waals surface area contributed by atoms with E-state index in [0.717, 1.165) is 28.6 Å². The molecule has 0 saturated carbocycles. The third-order valence-electron chi connectivity index (χ3n) is 2.98. The SMILES string of the molecule is CCNC(C#N)c1c(OC)ccc2ccccc12. The van der Waals surface area contributed by atoms with Crippen molar-refractivity contribution in [3.05, 3.63) is 42.0 Å². The van der Waals surface area contributed by atoms with Crippen LogP contribution in [0.5, 0.6) is 5.75 Å². The number of fused-ring (bicyclic) bond motifs is 1. The number of rotatable bonds is 4. The Morgan fingerprint density at radius 1 is 1.28 bits per heavy atom. The lowest BCUT2D eigenvalue weighted by Crippen LogP contribution is -2.20. The average Bonchev–Trinajstić information content (AvgIpc) is 2.43. The van der Waals surface area contributed by atoms with Crippen molar-refractivity contribution in [3.8, 4) is 11.8 Å². The van der Waals surface area contributed by atoms with Gasteiger partial charge in [-0.05, 0) is 23.4 Å². The summed E-state index contributed by atoms with van der Waals surface area (Å²) in [5.74, 6) is 0.751. The van der Waals surface area contributed by atoms with Crippen LogP contribution in [0.2, 0.25) is 0 Å². The first-order valence-electron chi connectivity index (χ1n) is 6.00. The lowest BCUT2D eigenvalue weighted by molar-refractivity contribution is 0.406. The van der Waals surface area contributed by atoms with Gasteiger partial charge in [-0.1, -0.05) is 37.3 Å². The van der Waals surface area contributed by atoms with Crippen molar-refractivity contribution in [1.82, 2.24) is 5.32 Å². The van der Waals surface area contributed by atoms with Crippen molar-refractivity contribution in [2.24, 2.45) is 0 Å². The van der Waals surface area contributed by atoms with Gasteiger partial charge in [0.25, 0.3) is 0 Å². The van der Waals surface area contributed by atoms with Gasteiger partial charge in [0.1, 0.15) is 11.8 Å². The zero-order chi connectivity index (χ0) is 13.0. The number of hydrogen-bond donors (Lipinski definition) is 1. The fraction of sp³-hybridized carbons (Fsp3) is 0.267. The van der Waals surface area contributed by atoms with E-state index < -0.39 is 0 Å². The molecule has 0 aliphatic rings. The zero-order valence-corrected chi connectivity index (χ0v) is 10.6. The smallest absolute Gasteiger partial charge is 0.125 e. The summed E-state index contributed by atoms with van der Waals surface area (Å²) in [4.78, 5) is 0. The van der Waals surface area contributed by atoms with Crippen LogP contribution in [0.4, 0.5) is 0 Å². The molecule has 0 bridgehead atoms. The quantitative estimate of drug-likeness (QED) is 0.893. The molecule has 0 aliphatic heterocycles. The van der Waals surface area contributed by atoms with Crippen molar-refractivity contribution < 1.29 is 4.74 Å². The predicted molar refractivity (Wildman–Crippen MR) is 72.5 cm³/mol. The maximum atomic E-state index is 9.32. The van der Waals surface area contributed by atoms with Crippen LogP contribution < -0.4 is 10.1 Å². The molecular weight excluding hydrogens is 224 g/mol. The normalized spacial score (nSPS) is 12.1. The second-order valence-electron chi connectivity index (χ2n) is 4.02. The number of benzene rings is 2. The van der Waals surface area contributed by atoms with E-state index in [-0.39, 0.29) is 6.04 Å². The number of nitrogens with one attached hydrogen (secondary N) is 1. The van der Waals surface area contributed by atoms with Crippen LogP contribution in [-0.4, -0.2) is 13.7 Å². The van der Waals surface area contributed by atoms with E-state index in [9.17, 15) is 5.26 Å². The molecule has 1 N–H and O–H groups in total. The number of methoxy groups -OCH3 is 1. The van der Waals surface area contributed by atoms with Crippen molar-refractivity contribution in [2.45, 2.75) is 13.0 Å². The third-order valence-corrected chi connectivity index (χ3v) is 2.98. The summed E-state index contributed by atoms with van der Waals surface area (Å²) in [6, 6.07) is 13.9. The van der Waals surface area contributed by atoms with Gasteiger partial charge in [0.05, 0.1) is 13.2 Å². The van der Waals surface area contributed by atoms with Gasteiger partial charge in [-0.15, -0.1) is 0 Å². The molecule has 2 aromatic carbocycles. The molecule has 0 amide bonds. The fourth-order valence-corrected chi connectivity index (χ4v) is 2.17. The Morgan fingerprint density at radius 3 is 2.72 bits per heavy atom. The summed E-state index contributed by atoms with van der Waals surface area (Å²) in [5.41, 5.74) is 0.917. The van der Waals surface area contributed by atoms with Crippen LogP contribution in [0.3, 0.4) is 0 Å². The maximum absolute atomic E-state index is 9.32. The monoisotopic (exact) mass is 240 g/mol. The molecule has 3 heteroatoms. The van der Waals surface area contributed by atoms with Gasteiger partial charge in [0.2, 0.25) is 0 Å². The molecule has 0 heterocycles. The van der Waals surface area contributed by atoms with Gasteiger partial charge in [-0.3, -0.25) is 5.32 Å². The minimum Gasteiger partial charge on any atom is -0.496 e. The van der Waals surface area contributed by atoms with Crippen LogP contribution in [0.25, 0.3) is 10.8 Å². The second kappa shape index (κ2) is 5.52. The van der Waals surface area contributed by atoms with Crippen molar-refractivity contribution in [1.29, 1.82) is 5.26 Å². The molecule has 2 rings (SSSR count). The Bertz CT molecular complexity index is 587. The van der Waals surface area contributed by atoms with E-state index in [2.05, 4.69) is 11.4 Å². The highest BCUT2D eigenvalue weighted by Gasteiger charge is 2.17. The number of ether oxygens (including phenoxy) is 1. The van der Waals surface area contributed by atoms with Gasteiger partial charge >= 0.3 is 0 Å². The van der Waals surface area contributed by atoms with Crippen molar-refractivity contribution in [3.63, 3.8) is 0 Å². The van der Waals surface area contributed by atoms with Crippen LogP contribution in [-0.2, 0) is 0 Å². The summed E-state index contributed by atoms with van der Waals surface area (Å²) < 4.78 is 5.39. The first-order chi connectivity index (χ1) is 8.81. The Labute approximate surface area is 107 Å². The van der Waals surface area contributed by atoms with E-state index in [4.69, 9.17) is 4.74 Å². The summed E-state index contributed by atoms with van der Waals surface area (Å²) in [7, 11) is 1.63. The first-order valence-corrected chi connectivity index (χ1v) is 6.00. The summed E-state index contributed by atoms with van der Waals surface area (Å²) in [6.07, 6.45) is 0. The highest BCUT2D eigenvalue weighted by molar-refractivity contribution is 5.88. The van der Waals surface area contributed by atoms with Crippen molar-refractivity contribution >= 4 is 10.8 Å². The van der Waals surface area contributed by atoms with E-state index in [1.807, 2.05) is 43.3 Å². The Kier molecular flexibility index (Phi) is 3.81. The average molecular weight is 240 g/mol. The zero-order valence-electron chi connectivity index (χ0n) is 10.6. The molecule has 0 radical (unpaired) electrons. The molecule has 3 nitrogen and oxygen atoms in total. The van der Waals surface area contributed by atoms with E-state index in [0.29, 0.717) is 0 Å². The summed E-state index contributed by atoms with van der Waals surface area (Å²) in [5, 5.41) is 14.7. The number of hydrogen-bond acceptors (Lipinski definition) is 3. The Balaban J connectivity index is 2.68. The largest absolute Gasteiger partial charge is 0.496 e. The Hall–Kier alpha value is -2.05. The molecule has 2 aromatic rings. The third kappa shape index (κ3) is 2.15. The maximum Gasteiger partial charge on any atom is 0.125 e. The minimum absolute atomic E-state index is 0.351. The van der Waals surface area contributed by atoms with Crippen LogP contribution in [0.1, 0.15) is 18.5 Å². The van der Waals surface area contributed by atoms with Gasteiger partial charge in [-0.25, -0.2) is 0 Å². The molecular formula is C15H16N2O. The summed E-state index contributed by atoms with van der Waals surface area (Å²) in [6.45, 7) is 2.73. The topological polar surface area (TPSA) is 45.0 Å². The van der Waals surface area contributed by atoms with Gasteiger partial charge < -0.3 is 4.74 Å². The fourth-order valence-electron chi connectivity index (χ4n) is 2.17. The number of nitriles is 1. The van der Waals surface area contributed by atoms with Crippen LogP contribution in [0.15, 0.2) is 36.4 Å². The lowest BCUT2D eigenvalue weighted by atomic mass is 9.98. The van der Waals surface area contributed by atoms with Crippen LogP contribution >= 0.6 is 0 Å². The molecule has 0 saturated heterocycles. The molecule has 0 aliphatic carbocycles. The molecule has 0 fully saturated rings. The van der Waals surface area contributed by atoms with E-state index >= 15 is 0 Å². The molecule has 18 heavy (non-hydrogen) atoms. The van der Waals surface area contributed by atoms with Crippen molar-refractivity contribution in [2.75, 3.05) is 13.7 Å². The highest BCUT2D eigenvalue weighted by atomic mass is 16.5. The molecule has 92 valence electrons. The first kappa shape index (κ1) is 12.4. The standard InChI is InChI=1S/C15H16N2O/c1-3-17-13(10-16)15-12-7-5-4-6-11(12)8-9-14(15)18-2/h4-9,13,17H,3H2,1-2H3. The van der Waals surface area contributed by atoms with Gasteiger partial charge in [0, 0.05) is 5.56 Å². The van der Waals surface area contributed by atoms with Crippen LogP contribution in [0, 0.1) is 11.3 Å². The minimum atomic E-state index is -0.351. The van der Waals surface area contributed by atoms with E-state index in [1.54, 1.807) is 7.11 Å². The predicted octanol–water partition coefficient (Wildman–Crippen LogP) is 3.02. The van der Waals surface area contributed by atoms with Gasteiger partial charge in [0.15, 0.2) is 0 Å². The van der Waals surface area contributed by atoms with E-state index in [1.165, 1.54) is 0 Å². The highest BCUT2D eigenvalue weighted by Crippen LogP contribution is 2.32. The molecule has 0 aromatic heterocycles. The lowest BCUT2D eigenvalue weighted by Gasteiger charge is -2.17. The molecule has 1 unspecified atom stereocenters.